The van der Waals surface area contributed by atoms with Crippen LogP contribution >= 0.6 is 0 Å². The summed E-state index contributed by atoms with van der Waals surface area (Å²) in [5, 5.41) is 18.6. The number of aromatic nitrogens is 4. The number of hydrogen-bond acceptors (Lipinski definition) is 5. The number of fused-ring (bicyclic) bond motifs is 1. The number of benzene rings is 2. The fraction of sp³-hybridized carbons (Fsp3) is 0.130. The smallest absolute Gasteiger partial charge is 0.244 e. The number of rotatable bonds is 7. The normalized spacial score (nSPS) is 13.3. The third-order valence-electron chi connectivity index (χ3n) is 4.90. The van der Waals surface area contributed by atoms with Crippen molar-refractivity contribution in [3.05, 3.63) is 96.2 Å². The van der Waals surface area contributed by atoms with Gasteiger partial charge in [-0.15, -0.1) is 0 Å². The van der Waals surface area contributed by atoms with Crippen LogP contribution in [0.4, 0.5) is 8.78 Å². The molecule has 9 heteroatoms. The van der Waals surface area contributed by atoms with Crippen molar-refractivity contribution < 1.29 is 18.7 Å². The van der Waals surface area contributed by atoms with E-state index in [9.17, 15) is 18.7 Å². The summed E-state index contributed by atoms with van der Waals surface area (Å²) in [6, 6.07) is 14.1. The highest BCUT2D eigenvalue weighted by Crippen LogP contribution is 2.26. The summed E-state index contributed by atoms with van der Waals surface area (Å²) in [7, 11) is 0. The maximum atomic E-state index is 14.4. The van der Waals surface area contributed by atoms with Crippen molar-refractivity contribution >= 4 is 22.9 Å². The van der Waals surface area contributed by atoms with E-state index in [4.69, 9.17) is 0 Å². The Labute approximate surface area is 182 Å². The summed E-state index contributed by atoms with van der Waals surface area (Å²) in [5.74, 6) is -2.22. The minimum absolute atomic E-state index is 0.171. The molecule has 0 radical (unpaired) electrons. The molecular weight excluding hydrogens is 416 g/mol. The highest BCUT2D eigenvalue weighted by atomic mass is 19.1. The van der Waals surface area contributed by atoms with E-state index in [1.54, 1.807) is 6.07 Å². The van der Waals surface area contributed by atoms with Crippen LogP contribution in [0.3, 0.4) is 0 Å². The van der Waals surface area contributed by atoms with Crippen molar-refractivity contribution in [1.82, 2.24) is 25.1 Å². The van der Waals surface area contributed by atoms with Gasteiger partial charge in [-0.1, -0.05) is 30.3 Å². The Kier molecular flexibility index (Phi) is 6.00. The van der Waals surface area contributed by atoms with E-state index < -0.39 is 23.1 Å². The van der Waals surface area contributed by atoms with E-state index in [0.29, 0.717) is 11.8 Å². The van der Waals surface area contributed by atoms with Gasteiger partial charge in [0, 0.05) is 23.1 Å². The van der Waals surface area contributed by atoms with Crippen LogP contribution in [0.5, 0.6) is 0 Å². The molecule has 0 aliphatic heterocycles. The summed E-state index contributed by atoms with van der Waals surface area (Å²) in [6.07, 6.45) is 5.42. The molecule has 0 spiro atoms. The van der Waals surface area contributed by atoms with Crippen LogP contribution in [-0.4, -0.2) is 37.3 Å². The summed E-state index contributed by atoms with van der Waals surface area (Å²) >= 11 is 0. The number of pyridine rings is 1. The van der Waals surface area contributed by atoms with Crippen molar-refractivity contribution in [3.63, 3.8) is 0 Å². The zero-order valence-corrected chi connectivity index (χ0v) is 16.8. The third kappa shape index (κ3) is 4.84. The summed E-state index contributed by atoms with van der Waals surface area (Å²) in [4.78, 5) is 20.6. The van der Waals surface area contributed by atoms with Gasteiger partial charge in [0.2, 0.25) is 5.91 Å². The van der Waals surface area contributed by atoms with Crippen molar-refractivity contribution in [3.8, 4) is 0 Å². The lowest BCUT2D eigenvalue weighted by Crippen LogP contribution is -2.44. The molecule has 32 heavy (non-hydrogen) atoms. The Morgan fingerprint density at radius 1 is 1.16 bits per heavy atom. The molecule has 0 saturated carbocycles. The van der Waals surface area contributed by atoms with Crippen LogP contribution < -0.4 is 5.32 Å². The molecule has 1 atom stereocenters. The second-order valence-electron chi connectivity index (χ2n) is 7.23. The number of para-hydroxylation sites is 1. The van der Waals surface area contributed by atoms with Gasteiger partial charge in [-0.3, -0.25) is 4.79 Å². The summed E-state index contributed by atoms with van der Waals surface area (Å²) in [6.45, 7) is -0.546. The molecule has 2 aromatic carbocycles. The fourth-order valence-electron chi connectivity index (χ4n) is 3.31. The number of nitrogens with zero attached hydrogens (tertiary/aromatic N) is 4. The molecule has 0 aliphatic carbocycles. The molecule has 2 N–H and O–H groups in total. The molecule has 1 unspecified atom stereocenters. The predicted molar refractivity (Wildman–Crippen MR) is 114 cm³/mol. The molecule has 4 rings (SSSR count). The zero-order chi connectivity index (χ0) is 22.6. The number of carbonyl (C=O) groups is 1. The number of nitrogens with one attached hydrogen (secondary N) is 1. The number of hydrogen-bond donors (Lipinski definition) is 2. The maximum Gasteiger partial charge on any atom is 0.244 e. The van der Waals surface area contributed by atoms with Gasteiger partial charge in [-0.25, -0.2) is 23.4 Å². The van der Waals surface area contributed by atoms with Gasteiger partial charge in [-0.2, -0.15) is 5.10 Å². The molecular formula is C23H19F2N5O2. The zero-order valence-electron chi connectivity index (χ0n) is 16.8. The van der Waals surface area contributed by atoms with Gasteiger partial charge in [0.05, 0.1) is 24.3 Å². The van der Waals surface area contributed by atoms with Crippen LogP contribution in [0.1, 0.15) is 11.3 Å². The maximum absolute atomic E-state index is 14.4. The third-order valence-corrected chi connectivity index (χ3v) is 4.90. The first kappa shape index (κ1) is 21.3. The number of carbonyl (C=O) groups excluding carboxylic acids is 1. The summed E-state index contributed by atoms with van der Waals surface area (Å²) in [5.41, 5.74) is -0.684. The average Bonchev–Trinajstić information content (AvgIpc) is 3.28. The molecule has 0 saturated heterocycles. The fourth-order valence-corrected chi connectivity index (χ4v) is 3.31. The van der Waals surface area contributed by atoms with Crippen LogP contribution in [0, 0.1) is 11.6 Å². The van der Waals surface area contributed by atoms with Crippen LogP contribution in [0.25, 0.3) is 17.0 Å². The topological polar surface area (TPSA) is 92.9 Å². The Hall–Kier alpha value is -3.98. The molecule has 0 bridgehead atoms. The predicted octanol–water partition coefficient (Wildman–Crippen LogP) is 2.82. The highest BCUT2D eigenvalue weighted by molar-refractivity contribution is 5.92. The van der Waals surface area contributed by atoms with E-state index in [1.807, 2.05) is 30.3 Å². The van der Waals surface area contributed by atoms with Crippen molar-refractivity contribution in [2.45, 2.75) is 12.1 Å². The standard InChI is InChI=1S/C23H19F2N5O2/c24-17-6-9-19(20(25)11-17)23(32,13-30-15-26-14-28-30)12-27-22(31)10-8-18-7-5-16-3-1-2-4-21(16)29-18/h1-11,14-15,32H,12-13H2,(H,27,31). The van der Waals surface area contributed by atoms with Crippen LogP contribution in [0.15, 0.2) is 73.3 Å². The lowest BCUT2D eigenvalue weighted by molar-refractivity contribution is -0.118. The molecule has 1 amide bonds. The first-order valence-corrected chi connectivity index (χ1v) is 9.75. The van der Waals surface area contributed by atoms with E-state index in [1.165, 1.54) is 29.5 Å². The van der Waals surface area contributed by atoms with Crippen molar-refractivity contribution in [2.75, 3.05) is 6.54 Å². The number of aliphatic hydroxyl groups is 1. The average molecular weight is 435 g/mol. The van der Waals surface area contributed by atoms with Gasteiger partial charge in [0.1, 0.15) is 29.9 Å². The van der Waals surface area contributed by atoms with Crippen LogP contribution in [0.2, 0.25) is 0 Å². The molecule has 0 fully saturated rings. The monoisotopic (exact) mass is 435 g/mol. The minimum atomic E-state index is -1.89. The van der Waals surface area contributed by atoms with Gasteiger partial charge in [-0.05, 0) is 24.3 Å². The van der Waals surface area contributed by atoms with E-state index in [-0.39, 0.29) is 18.7 Å². The first-order valence-electron chi connectivity index (χ1n) is 9.75. The first-order chi connectivity index (χ1) is 15.4. The Morgan fingerprint density at radius 2 is 2.00 bits per heavy atom. The van der Waals surface area contributed by atoms with E-state index in [2.05, 4.69) is 20.4 Å². The largest absolute Gasteiger partial charge is 0.381 e. The lowest BCUT2D eigenvalue weighted by Gasteiger charge is -2.29. The van der Waals surface area contributed by atoms with Crippen molar-refractivity contribution in [1.29, 1.82) is 0 Å². The highest BCUT2D eigenvalue weighted by Gasteiger charge is 2.34. The Balaban J connectivity index is 1.50. The summed E-state index contributed by atoms with van der Waals surface area (Å²) < 4.78 is 29.1. The molecule has 0 aliphatic rings. The molecule has 4 aromatic rings. The molecule has 7 nitrogen and oxygen atoms in total. The molecule has 2 heterocycles. The van der Waals surface area contributed by atoms with E-state index >= 15 is 0 Å². The van der Waals surface area contributed by atoms with Crippen LogP contribution in [-0.2, 0) is 16.9 Å². The van der Waals surface area contributed by atoms with Crippen molar-refractivity contribution in [2.24, 2.45) is 0 Å². The molecule has 2 aromatic heterocycles. The Bertz CT molecular complexity index is 1280. The minimum Gasteiger partial charge on any atom is -0.381 e. The lowest BCUT2D eigenvalue weighted by atomic mass is 9.92. The van der Waals surface area contributed by atoms with Gasteiger partial charge >= 0.3 is 0 Å². The number of amides is 1. The molecule has 162 valence electrons. The van der Waals surface area contributed by atoms with Gasteiger partial charge in [0.25, 0.3) is 0 Å². The SMILES string of the molecule is O=C(C=Cc1ccc2ccccc2n1)NCC(O)(Cn1cncn1)c1ccc(F)cc1F. The number of halogens is 2. The second kappa shape index (κ2) is 9.03. The quantitative estimate of drug-likeness (QED) is 0.436. The van der Waals surface area contributed by atoms with Gasteiger partial charge < -0.3 is 10.4 Å². The Morgan fingerprint density at radius 3 is 2.78 bits per heavy atom. The second-order valence-corrected chi connectivity index (χ2v) is 7.23. The van der Waals surface area contributed by atoms with E-state index in [0.717, 1.165) is 23.0 Å². The van der Waals surface area contributed by atoms with Gasteiger partial charge in [0.15, 0.2) is 0 Å².